The van der Waals surface area contributed by atoms with Gasteiger partial charge in [-0.05, 0) is 25.5 Å². The van der Waals surface area contributed by atoms with E-state index in [0.717, 1.165) is 12.8 Å². The van der Waals surface area contributed by atoms with Crippen molar-refractivity contribution in [3.8, 4) is 0 Å². The van der Waals surface area contributed by atoms with E-state index in [1.165, 1.54) is 12.5 Å². The smallest absolute Gasteiger partial charge is 0.329 e. The second-order valence-corrected chi connectivity index (χ2v) is 5.69. The number of hydrogen-bond donors (Lipinski definition) is 2. The number of carbonyl (C=O) groups excluding carboxylic acids is 2. The van der Waals surface area contributed by atoms with Gasteiger partial charge in [-0.1, -0.05) is 24.9 Å². The van der Waals surface area contributed by atoms with Crippen LogP contribution in [0.2, 0.25) is 5.15 Å². The molecular weight excluding hydrogens is 346 g/mol. The molecule has 0 aliphatic heterocycles. The lowest BCUT2D eigenvalue weighted by molar-refractivity contribution is -0.139. The monoisotopic (exact) mass is 365 g/mol. The highest BCUT2D eigenvalue weighted by Gasteiger charge is 2.14. The predicted octanol–water partition coefficient (Wildman–Crippen LogP) is 2.00. The first-order valence-corrected chi connectivity index (χ1v) is 8.27. The highest BCUT2D eigenvalue weighted by atomic mass is 35.5. The molecule has 0 aromatic carbocycles. The Bertz CT molecular complexity index is 752. The van der Waals surface area contributed by atoms with Gasteiger partial charge in [0.05, 0.1) is 30.3 Å². The van der Waals surface area contributed by atoms with Gasteiger partial charge in [-0.3, -0.25) is 14.3 Å². The predicted molar refractivity (Wildman–Crippen MR) is 93.2 cm³/mol. The van der Waals surface area contributed by atoms with E-state index < -0.39 is 11.8 Å². The second-order valence-electron chi connectivity index (χ2n) is 5.33. The summed E-state index contributed by atoms with van der Waals surface area (Å²) < 4.78 is 6.75. The number of hydrazone groups is 1. The van der Waals surface area contributed by atoms with Crippen LogP contribution in [0.1, 0.15) is 36.8 Å². The number of nitrogens with zero attached hydrogens (tertiary/aromatic N) is 3. The van der Waals surface area contributed by atoms with Crippen molar-refractivity contribution in [1.82, 2.24) is 20.5 Å². The highest BCUT2D eigenvalue weighted by Crippen LogP contribution is 2.18. The van der Waals surface area contributed by atoms with Crippen molar-refractivity contribution >= 4 is 29.6 Å². The van der Waals surface area contributed by atoms with Crippen LogP contribution >= 0.6 is 11.6 Å². The van der Waals surface area contributed by atoms with Gasteiger partial charge in [0.2, 0.25) is 0 Å². The van der Waals surface area contributed by atoms with Crippen LogP contribution < -0.4 is 10.7 Å². The van der Waals surface area contributed by atoms with Gasteiger partial charge in [0.25, 0.3) is 0 Å². The quantitative estimate of drug-likeness (QED) is 0.445. The third-order valence-electron chi connectivity index (χ3n) is 3.40. The fourth-order valence-corrected chi connectivity index (χ4v) is 2.34. The molecule has 0 fully saturated rings. The maximum Gasteiger partial charge on any atom is 0.329 e. The highest BCUT2D eigenvalue weighted by molar-refractivity contribution is 6.35. The summed E-state index contributed by atoms with van der Waals surface area (Å²) in [6.45, 7) is 4.72. The molecule has 134 valence electrons. The first kappa shape index (κ1) is 18.7. The number of amides is 2. The zero-order valence-corrected chi connectivity index (χ0v) is 14.8. The SMILES string of the molecule is CCCCn1nc(C)c(/C=N/NC(=O)C(=O)NCc2ccco2)c1Cl. The van der Waals surface area contributed by atoms with Gasteiger partial charge >= 0.3 is 11.8 Å². The summed E-state index contributed by atoms with van der Waals surface area (Å²) in [4.78, 5) is 23.3. The Labute approximate surface area is 150 Å². The molecule has 0 spiro atoms. The molecule has 0 radical (unpaired) electrons. The molecule has 0 aliphatic carbocycles. The number of aryl methyl sites for hydroxylation is 2. The summed E-state index contributed by atoms with van der Waals surface area (Å²) in [7, 11) is 0. The topological polar surface area (TPSA) is 102 Å². The van der Waals surface area contributed by atoms with Gasteiger partial charge in [0.1, 0.15) is 10.9 Å². The Hall–Kier alpha value is -2.61. The van der Waals surface area contributed by atoms with Crippen LogP contribution in [0, 0.1) is 6.92 Å². The minimum Gasteiger partial charge on any atom is -0.467 e. The number of aromatic nitrogens is 2. The Balaban J connectivity index is 1.88. The zero-order valence-electron chi connectivity index (χ0n) is 14.1. The third kappa shape index (κ3) is 5.18. The normalized spacial score (nSPS) is 11.0. The minimum atomic E-state index is -0.880. The zero-order chi connectivity index (χ0) is 18.2. The lowest BCUT2D eigenvalue weighted by Crippen LogP contribution is -2.37. The summed E-state index contributed by atoms with van der Waals surface area (Å²) in [5, 5.41) is 11.0. The molecule has 2 amide bonds. The van der Waals surface area contributed by atoms with Crippen molar-refractivity contribution in [3.05, 3.63) is 40.6 Å². The van der Waals surface area contributed by atoms with E-state index in [1.807, 2.05) is 0 Å². The average Bonchev–Trinajstić information content (AvgIpc) is 3.20. The number of rotatable bonds is 7. The fourth-order valence-electron chi connectivity index (χ4n) is 2.04. The van der Waals surface area contributed by atoms with Gasteiger partial charge in [-0.2, -0.15) is 10.2 Å². The van der Waals surface area contributed by atoms with Crippen LogP contribution in [-0.4, -0.2) is 27.8 Å². The number of halogens is 1. The van der Waals surface area contributed by atoms with Crippen LogP contribution in [0.5, 0.6) is 0 Å². The molecule has 8 nitrogen and oxygen atoms in total. The first-order valence-electron chi connectivity index (χ1n) is 7.89. The molecule has 2 N–H and O–H groups in total. The van der Waals surface area contributed by atoms with Crippen LogP contribution in [0.25, 0.3) is 0 Å². The number of unbranched alkanes of at least 4 members (excludes halogenated alkanes) is 1. The fraction of sp³-hybridized carbons (Fsp3) is 0.375. The standard InChI is InChI=1S/C16H20ClN5O3/c1-3-4-7-22-14(17)13(11(2)21-22)10-19-20-16(24)15(23)18-9-12-6-5-8-25-12/h5-6,8,10H,3-4,7,9H2,1-2H3,(H,18,23)(H,20,24)/b19-10+. The summed E-state index contributed by atoms with van der Waals surface area (Å²) >= 11 is 6.26. The number of furan rings is 1. The van der Waals surface area contributed by atoms with E-state index in [2.05, 4.69) is 27.9 Å². The lowest BCUT2D eigenvalue weighted by Gasteiger charge is -2.02. The second kappa shape index (κ2) is 9.03. The molecule has 9 heteroatoms. The Morgan fingerprint density at radius 1 is 1.44 bits per heavy atom. The van der Waals surface area contributed by atoms with E-state index >= 15 is 0 Å². The Kier molecular flexibility index (Phi) is 6.76. The van der Waals surface area contributed by atoms with Crippen LogP contribution in [0.15, 0.2) is 27.9 Å². The van der Waals surface area contributed by atoms with E-state index in [9.17, 15) is 9.59 Å². The molecule has 0 bridgehead atoms. The van der Waals surface area contributed by atoms with Crippen LogP contribution in [-0.2, 0) is 22.7 Å². The lowest BCUT2D eigenvalue weighted by atomic mass is 10.3. The summed E-state index contributed by atoms with van der Waals surface area (Å²) in [5.41, 5.74) is 3.46. The van der Waals surface area contributed by atoms with Crippen molar-refractivity contribution in [2.24, 2.45) is 5.10 Å². The van der Waals surface area contributed by atoms with Crippen molar-refractivity contribution in [2.45, 2.75) is 39.8 Å². The van der Waals surface area contributed by atoms with Crippen molar-refractivity contribution < 1.29 is 14.0 Å². The average molecular weight is 366 g/mol. The molecule has 0 atom stereocenters. The summed E-state index contributed by atoms with van der Waals surface area (Å²) in [6, 6.07) is 3.38. The van der Waals surface area contributed by atoms with Crippen LogP contribution in [0.3, 0.4) is 0 Å². The Morgan fingerprint density at radius 2 is 2.24 bits per heavy atom. The van der Waals surface area contributed by atoms with Crippen molar-refractivity contribution in [2.75, 3.05) is 0 Å². The first-order chi connectivity index (χ1) is 12.0. The van der Waals surface area contributed by atoms with Crippen molar-refractivity contribution in [1.29, 1.82) is 0 Å². The maximum atomic E-state index is 11.7. The van der Waals surface area contributed by atoms with Crippen molar-refractivity contribution in [3.63, 3.8) is 0 Å². The van der Waals surface area contributed by atoms with Gasteiger partial charge in [-0.15, -0.1) is 0 Å². The number of nitrogens with one attached hydrogen (secondary N) is 2. The molecular formula is C16H20ClN5O3. The molecule has 0 saturated carbocycles. The summed E-state index contributed by atoms with van der Waals surface area (Å²) in [5.74, 6) is -1.14. The van der Waals surface area contributed by atoms with Gasteiger partial charge in [0.15, 0.2) is 0 Å². The molecule has 0 saturated heterocycles. The summed E-state index contributed by atoms with van der Waals surface area (Å²) in [6.07, 6.45) is 4.86. The largest absolute Gasteiger partial charge is 0.467 e. The van der Waals surface area contributed by atoms with E-state index in [1.54, 1.807) is 23.7 Å². The number of carbonyl (C=O) groups is 2. The van der Waals surface area contributed by atoms with Gasteiger partial charge in [-0.25, -0.2) is 5.43 Å². The van der Waals surface area contributed by atoms with E-state index in [-0.39, 0.29) is 6.54 Å². The third-order valence-corrected chi connectivity index (χ3v) is 3.80. The molecule has 25 heavy (non-hydrogen) atoms. The molecule has 2 aromatic heterocycles. The Morgan fingerprint density at radius 3 is 2.92 bits per heavy atom. The van der Waals surface area contributed by atoms with Gasteiger partial charge < -0.3 is 9.73 Å². The number of hydrogen-bond acceptors (Lipinski definition) is 5. The molecule has 2 heterocycles. The van der Waals surface area contributed by atoms with E-state index in [0.29, 0.717) is 28.7 Å². The van der Waals surface area contributed by atoms with Crippen LogP contribution in [0.4, 0.5) is 0 Å². The molecule has 0 unspecified atom stereocenters. The molecule has 2 rings (SSSR count). The molecule has 0 aliphatic rings. The minimum absolute atomic E-state index is 0.123. The maximum absolute atomic E-state index is 11.7. The van der Waals surface area contributed by atoms with E-state index in [4.69, 9.17) is 16.0 Å². The molecule has 2 aromatic rings. The van der Waals surface area contributed by atoms with Gasteiger partial charge in [0, 0.05) is 6.54 Å².